The average molecular weight is 178 g/mol. The molecule has 0 fully saturated rings. The van der Waals surface area contributed by atoms with Crippen LogP contribution in [0.4, 0.5) is 0 Å². The maximum Gasteiger partial charge on any atom is 0.151 e. The highest BCUT2D eigenvalue weighted by molar-refractivity contribution is 4.55. The number of aliphatic hydroxyl groups excluding tert-OH is 3. The minimum Gasteiger partial charge on any atom is -0.396 e. The quantitative estimate of drug-likeness (QED) is 0.316. The molecule has 0 amide bonds. The normalized spacial score (nSPS) is 13.8. The van der Waals surface area contributed by atoms with Crippen molar-refractivity contribution in [2.45, 2.75) is 44.5 Å². The molecule has 0 radical (unpaired) electrons. The molecular formula is C8H18O4. The molecule has 12 heavy (non-hydrogen) atoms. The second-order valence-corrected chi connectivity index (χ2v) is 2.93. The van der Waals surface area contributed by atoms with Crippen LogP contribution in [0.5, 0.6) is 0 Å². The zero-order chi connectivity index (χ0) is 9.40. The largest absolute Gasteiger partial charge is 0.396 e. The van der Waals surface area contributed by atoms with E-state index in [9.17, 15) is 0 Å². The summed E-state index contributed by atoms with van der Waals surface area (Å²) in [5.74, 6) is 0. The van der Waals surface area contributed by atoms with Crippen LogP contribution in [0.15, 0.2) is 0 Å². The highest BCUT2D eigenvalue weighted by Crippen LogP contribution is 2.06. The van der Waals surface area contributed by atoms with E-state index < -0.39 is 12.4 Å². The SMILES string of the molecule is OCCC(O)CCCCC(O)O. The molecule has 0 aromatic rings. The van der Waals surface area contributed by atoms with Crippen molar-refractivity contribution in [3.8, 4) is 0 Å². The number of rotatable bonds is 7. The molecule has 0 spiro atoms. The van der Waals surface area contributed by atoms with Gasteiger partial charge in [-0.15, -0.1) is 0 Å². The summed E-state index contributed by atoms with van der Waals surface area (Å²) < 4.78 is 0. The number of aliphatic hydroxyl groups is 4. The van der Waals surface area contributed by atoms with Crippen molar-refractivity contribution in [1.29, 1.82) is 0 Å². The van der Waals surface area contributed by atoms with E-state index in [0.29, 0.717) is 25.7 Å². The molecule has 0 bridgehead atoms. The minimum atomic E-state index is -1.24. The Hall–Kier alpha value is -0.160. The smallest absolute Gasteiger partial charge is 0.151 e. The first-order valence-electron chi connectivity index (χ1n) is 4.32. The molecule has 0 aliphatic rings. The van der Waals surface area contributed by atoms with Gasteiger partial charge in [0.05, 0.1) is 6.10 Å². The summed E-state index contributed by atoms with van der Waals surface area (Å²) in [5, 5.41) is 34.5. The molecule has 0 rings (SSSR count). The fourth-order valence-electron chi connectivity index (χ4n) is 1.00. The van der Waals surface area contributed by atoms with Gasteiger partial charge in [-0.05, 0) is 25.7 Å². The van der Waals surface area contributed by atoms with Gasteiger partial charge in [0.2, 0.25) is 0 Å². The van der Waals surface area contributed by atoms with Crippen molar-refractivity contribution in [2.75, 3.05) is 6.61 Å². The van der Waals surface area contributed by atoms with Gasteiger partial charge in [-0.3, -0.25) is 0 Å². The molecule has 0 aromatic carbocycles. The fourth-order valence-corrected chi connectivity index (χ4v) is 1.00. The molecule has 0 aliphatic carbocycles. The van der Waals surface area contributed by atoms with Crippen molar-refractivity contribution in [3.63, 3.8) is 0 Å². The second-order valence-electron chi connectivity index (χ2n) is 2.93. The monoisotopic (exact) mass is 178 g/mol. The van der Waals surface area contributed by atoms with Crippen LogP contribution in [0.3, 0.4) is 0 Å². The van der Waals surface area contributed by atoms with Crippen molar-refractivity contribution in [1.82, 2.24) is 0 Å². The maximum atomic E-state index is 9.13. The standard InChI is InChI=1S/C8H18O4/c9-6-5-7(10)3-1-2-4-8(11)12/h7-12H,1-6H2. The lowest BCUT2D eigenvalue weighted by atomic mass is 10.1. The predicted molar refractivity (Wildman–Crippen MR) is 44.4 cm³/mol. The van der Waals surface area contributed by atoms with E-state index >= 15 is 0 Å². The van der Waals surface area contributed by atoms with Gasteiger partial charge in [-0.25, -0.2) is 0 Å². The van der Waals surface area contributed by atoms with E-state index in [1.54, 1.807) is 0 Å². The lowest BCUT2D eigenvalue weighted by Crippen LogP contribution is -2.09. The van der Waals surface area contributed by atoms with E-state index in [1.165, 1.54) is 0 Å². The minimum absolute atomic E-state index is 0.00376. The highest BCUT2D eigenvalue weighted by atomic mass is 16.5. The van der Waals surface area contributed by atoms with Gasteiger partial charge in [0.15, 0.2) is 6.29 Å². The van der Waals surface area contributed by atoms with E-state index in [1.807, 2.05) is 0 Å². The van der Waals surface area contributed by atoms with Gasteiger partial charge >= 0.3 is 0 Å². The zero-order valence-corrected chi connectivity index (χ0v) is 7.19. The first kappa shape index (κ1) is 11.8. The maximum absolute atomic E-state index is 9.13. The van der Waals surface area contributed by atoms with Crippen molar-refractivity contribution in [2.24, 2.45) is 0 Å². The Morgan fingerprint density at radius 1 is 0.833 bits per heavy atom. The molecule has 4 heteroatoms. The molecular weight excluding hydrogens is 160 g/mol. The number of hydrogen-bond donors (Lipinski definition) is 4. The Morgan fingerprint density at radius 2 is 1.42 bits per heavy atom. The summed E-state index contributed by atoms with van der Waals surface area (Å²) in [6.07, 6.45) is 1.14. The van der Waals surface area contributed by atoms with Gasteiger partial charge in [0.1, 0.15) is 0 Å². The van der Waals surface area contributed by atoms with Gasteiger partial charge in [0.25, 0.3) is 0 Å². The molecule has 4 nitrogen and oxygen atoms in total. The van der Waals surface area contributed by atoms with Crippen LogP contribution in [0.1, 0.15) is 32.1 Å². The summed E-state index contributed by atoms with van der Waals surface area (Å²) >= 11 is 0. The second kappa shape index (κ2) is 7.49. The molecule has 0 aliphatic heterocycles. The van der Waals surface area contributed by atoms with E-state index in [0.717, 1.165) is 6.42 Å². The van der Waals surface area contributed by atoms with Crippen LogP contribution in [0.25, 0.3) is 0 Å². The Kier molecular flexibility index (Phi) is 7.39. The third-order valence-corrected chi connectivity index (χ3v) is 1.71. The van der Waals surface area contributed by atoms with Crippen molar-refractivity contribution in [3.05, 3.63) is 0 Å². The van der Waals surface area contributed by atoms with Crippen LogP contribution in [-0.4, -0.2) is 39.4 Å². The van der Waals surface area contributed by atoms with Gasteiger partial charge < -0.3 is 20.4 Å². The molecule has 1 atom stereocenters. The highest BCUT2D eigenvalue weighted by Gasteiger charge is 2.03. The summed E-state index contributed by atoms with van der Waals surface area (Å²) in [7, 11) is 0. The van der Waals surface area contributed by atoms with Crippen molar-refractivity contribution < 1.29 is 20.4 Å². The average Bonchev–Trinajstić information content (AvgIpc) is 1.98. The van der Waals surface area contributed by atoms with Crippen LogP contribution in [0.2, 0.25) is 0 Å². The van der Waals surface area contributed by atoms with Crippen LogP contribution in [0, 0.1) is 0 Å². The Labute approximate surface area is 72.5 Å². The third-order valence-electron chi connectivity index (χ3n) is 1.71. The molecule has 0 heterocycles. The lowest BCUT2D eigenvalue weighted by molar-refractivity contribution is -0.0470. The van der Waals surface area contributed by atoms with Crippen LogP contribution < -0.4 is 0 Å². The van der Waals surface area contributed by atoms with Gasteiger partial charge in [-0.1, -0.05) is 6.42 Å². The molecule has 1 unspecified atom stereocenters. The van der Waals surface area contributed by atoms with Crippen LogP contribution in [-0.2, 0) is 0 Å². The molecule has 4 N–H and O–H groups in total. The summed E-state index contributed by atoms with van der Waals surface area (Å²) in [6.45, 7) is 0.00376. The fraction of sp³-hybridized carbons (Fsp3) is 1.00. The molecule has 74 valence electrons. The Bertz CT molecular complexity index is 95.1. The van der Waals surface area contributed by atoms with Gasteiger partial charge in [0, 0.05) is 6.61 Å². The van der Waals surface area contributed by atoms with Gasteiger partial charge in [-0.2, -0.15) is 0 Å². The first-order valence-corrected chi connectivity index (χ1v) is 4.32. The summed E-state index contributed by atoms with van der Waals surface area (Å²) in [5.41, 5.74) is 0. The molecule has 0 aromatic heterocycles. The Morgan fingerprint density at radius 3 is 1.92 bits per heavy atom. The lowest BCUT2D eigenvalue weighted by Gasteiger charge is -2.08. The third kappa shape index (κ3) is 7.94. The molecule has 0 saturated carbocycles. The van der Waals surface area contributed by atoms with Crippen LogP contribution >= 0.6 is 0 Å². The van der Waals surface area contributed by atoms with Crippen molar-refractivity contribution >= 4 is 0 Å². The van der Waals surface area contributed by atoms with E-state index in [2.05, 4.69) is 0 Å². The predicted octanol–water partition coefficient (Wildman–Crippen LogP) is -0.399. The molecule has 0 saturated heterocycles. The zero-order valence-electron chi connectivity index (χ0n) is 7.19. The number of hydrogen-bond acceptors (Lipinski definition) is 4. The first-order chi connectivity index (χ1) is 5.66. The number of unbranched alkanes of at least 4 members (excludes halogenated alkanes) is 1. The van der Waals surface area contributed by atoms with E-state index in [-0.39, 0.29) is 6.61 Å². The summed E-state index contributed by atoms with van der Waals surface area (Å²) in [6, 6.07) is 0. The topological polar surface area (TPSA) is 80.9 Å². The Balaban J connectivity index is 3.08. The van der Waals surface area contributed by atoms with E-state index in [4.69, 9.17) is 20.4 Å². The summed E-state index contributed by atoms with van der Waals surface area (Å²) in [4.78, 5) is 0.